The fourth-order valence-corrected chi connectivity index (χ4v) is 5.81. The highest BCUT2D eigenvalue weighted by atomic mass is 16.6. The Kier molecular flexibility index (Phi) is 38.0. The van der Waals surface area contributed by atoms with Gasteiger partial charge in [-0.15, -0.1) is 0 Å². The lowest BCUT2D eigenvalue weighted by Crippen LogP contribution is -2.55. The van der Waals surface area contributed by atoms with Crippen LogP contribution in [0.1, 0.15) is 142 Å². The number of carboxylic acids is 1. The lowest BCUT2D eigenvalue weighted by molar-refractivity contribution is -0.889. The quantitative estimate of drug-likeness (QED) is 0.0201. The predicted octanol–water partition coefficient (Wildman–Crippen LogP) is 11.1. The van der Waals surface area contributed by atoms with Crippen LogP contribution in [0.15, 0.2) is 109 Å². The smallest absolute Gasteiger partial charge is 0.306 e. The van der Waals surface area contributed by atoms with Crippen molar-refractivity contribution in [2.24, 2.45) is 0 Å². The van der Waals surface area contributed by atoms with Crippen LogP contribution in [-0.4, -0.2) is 75.5 Å². The van der Waals surface area contributed by atoms with Gasteiger partial charge in [0, 0.05) is 19.3 Å². The first-order valence-electron chi connectivity index (χ1n) is 22.5. The molecule has 59 heavy (non-hydrogen) atoms. The lowest BCUT2D eigenvalue weighted by Gasteiger charge is -2.34. The lowest BCUT2D eigenvalue weighted by atomic mass is 10.1. The van der Waals surface area contributed by atoms with E-state index in [1.807, 2.05) is 30.4 Å². The molecule has 332 valence electrons. The summed E-state index contributed by atoms with van der Waals surface area (Å²) in [7, 11) is 5.37. The van der Waals surface area contributed by atoms with Gasteiger partial charge in [-0.1, -0.05) is 155 Å². The zero-order valence-corrected chi connectivity index (χ0v) is 37.6. The number of ether oxygens (including phenoxy) is 3. The maximum absolute atomic E-state index is 12.7. The average molecular weight is 820 g/mol. The number of carbonyl (C=O) groups excluding carboxylic acids is 3. The molecule has 0 aliphatic carbocycles. The van der Waals surface area contributed by atoms with Crippen LogP contribution < -0.4 is 5.11 Å². The summed E-state index contributed by atoms with van der Waals surface area (Å²) < 4.78 is 17.1. The molecule has 0 bridgehead atoms. The maximum Gasteiger partial charge on any atom is 0.306 e. The number of aliphatic carboxylic acids is 1. The van der Waals surface area contributed by atoms with Crippen LogP contribution in [0.4, 0.5) is 0 Å². The van der Waals surface area contributed by atoms with Crippen molar-refractivity contribution in [2.45, 2.75) is 154 Å². The third-order valence-electron chi connectivity index (χ3n) is 9.25. The number of hydrogen-bond donors (Lipinski definition) is 0. The summed E-state index contributed by atoms with van der Waals surface area (Å²) in [6, 6.07) is -0.741. The van der Waals surface area contributed by atoms with Crippen molar-refractivity contribution in [1.82, 2.24) is 0 Å². The molecule has 0 saturated heterocycles. The number of esters is 2. The van der Waals surface area contributed by atoms with Crippen LogP contribution in [0.3, 0.4) is 0 Å². The Hall–Kier alpha value is -4.01. The Morgan fingerprint density at radius 1 is 0.525 bits per heavy atom. The fourth-order valence-electron chi connectivity index (χ4n) is 5.81. The van der Waals surface area contributed by atoms with Gasteiger partial charge in [-0.25, -0.2) is 0 Å². The summed E-state index contributed by atoms with van der Waals surface area (Å²) in [5.74, 6) is -1.82. The molecule has 0 aliphatic heterocycles. The summed E-state index contributed by atoms with van der Waals surface area (Å²) in [6.07, 6.45) is 55.4. The van der Waals surface area contributed by atoms with Crippen molar-refractivity contribution in [1.29, 1.82) is 0 Å². The minimum Gasteiger partial charge on any atom is -0.544 e. The third kappa shape index (κ3) is 39.2. The second kappa shape index (κ2) is 40.8. The predicted molar refractivity (Wildman–Crippen MR) is 244 cm³/mol. The Labute approximate surface area is 359 Å². The largest absolute Gasteiger partial charge is 0.544 e. The first kappa shape index (κ1) is 55.0. The average Bonchev–Trinajstić information content (AvgIpc) is 3.19. The molecule has 2 unspecified atom stereocenters. The van der Waals surface area contributed by atoms with E-state index >= 15 is 0 Å². The van der Waals surface area contributed by atoms with Gasteiger partial charge in [0.25, 0.3) is 0 Å². The SMILES string of the molecule is CC/C=C/C=C/C=C/C=C/CCCCCCCC(=O)OC(COCCC(C(=O)[O-])[N+](C)(C)C)COC(=O)CCCCCC/C=C/C/C=C/C/C=C/C/C=C/C/C=C/CC. The molecule has 0 aliphatic rings. The molecule has 0 amide bonds. The van der Waals surface area contributed by atoms with Crippen LogP contribution in [0.5, 0.6) is 0 Å². The molecule has 0 heterocycles. The second-order valence-corrected chi connectivity index (χ2v) is 15.6. The first-order chi connectivity index (χ1) is 28.6. The minimum absolute atomic E-state index is 0.0145. The molecule has 0 aromatic rings. The number of hydrogen-bond acceptors (Lipinski definition) is 7. The molecule has 2 atom stereocenters. The van der Waals surface area contributed by atoms with E-state index in [0.717, 1.165) is 109 Å². The molecule has 0 N–H and O–H groups in total. The van der Waals surface area contributed by atoms with E-state index in [-0.39, 0.29) is 49.1 Å². The molecule has 0 spiro atoms. The zero-order valence-electron chi connectivity index (χ0n) is 37.6. The zero-order chi connectivity index (χ0) is 43.5. The molecular formula is C51H81NO7. The third-order valence-corrected chi connectivity index (χ3v) is 9.25. The molecule has 0 radical (unpaired) electrons. The number of nitrogens with zero attached hydrogens (tertiary/aromatic N) is 1. The summed E-state index contributed by atoms with van der Waals surface area (Å²) in [5.41, 5.74) is 0. The Balaban J connectivity index is 4.44. The van der Waals surface area contributed by atoms with Crippen LogP contribution >= 0.6 is 0 Å². The highest BCUT2D eigenvalue weighted by Gasteiger charge is 2.25. The van der Waals surface area contributed by atoms with E-state index in [9.17, 15) is 19.5 Å². The van der Waals surface area contributed by atoms with Crippen molar-refractivity contribution < 1.29 is 38.2 Å². The fraction of sp³-hybridized carbons (Fsp3) is 0.588. The second-order valence-electron chi connectivity index (χ2n) is 15.6. The van der Waals surface area contributed by atoms with E-state index in [0.29, 0.717) is 6.42 Å². The van der Waals surface area contributed by atoms with E-state index in [1.165, 1.54) is 0 Å². The van der Waals surface area contributed by atoms with Crippen LogP contribution in [0.25, 0.3) is 0 Å². The molecule has 0 aromatic carbocycles. The van der Waals surface area contributed by atoms with Gasteiger partial charge in [0.2, 0.25) is 0 Å². The number of unbranched alkanes of at least 4 members (excludes halogenated alkanes) is 9. The van der Waals surface area contributed by atoms with Crippen molar-refractivity contribution in [3.8, 4) is 0 Å². The first-order valence-corrected chi connectivity index (χ1v) is 22.5. The molecule has 0 fully saturated rings. The van der Waals surface area contributed by atoms with Crippen molar-refractivity contribution in [2.75, 3.05) is 41.0 Å². The number of carbonyl (C=O) groups is 3. The van der Waals surface area contributed by atoms with Gasteiger partial charge < -0.3 is 28.6 Å². The number of rotatable bonds is 38. The van der Waals surface area contributed by atoms with Crippen LogP contribution in [-0.2, 0) is 28.6 Å². The molecule has 0 aromatic heterocycles. The Bertz CT molecular complexity index is 1330. The number of allylic oxidation sites excluding steroid dienone is 18. The minimum atomic E-state index is -1.14. The van der Waals surface area contributed by atoms with Gasteiger partial charge in [0.05, 0.1) is 40.3 Å². The Morgan fingerprint density at radius 2 is 0.983 bits per heavy atom. The topological polar surface area (TPSA) is 102 Å². The van der Waals surface area contributed by atoms with Crippen molar-refractivity contribution in [3.63, 3.8) is 0 Å². The normalized spacial score (nSPS) is 14.0. The van der Waals surface area contributed by atoms with Crippen LogP contribution in [0, 0.1) is 0 Å². The van der Waals surface area contributed by atoms with E-state index in [1.54, 1.807) is 21.1 Å². The highest BCUT2D eigenvalue weighted by molar-refractivity contribution is 5.70. The van der Waals surface area contributed by atoms with Gasteiger partial charge in [0.15, 0.2) is 6.10 Å². The van der Waals surface area contributed by atoms with Gasteiger partial charge in [-0.2, -0.15) is 0 Å². The summed E-state index contributed by atoms with van der Waals surface area (Å²) in [4.78, 5) is 36.9. The van der Waals surface area contributed by atoms with Gasteiger partial charge >= 0.3 is 11.9 Å². The molecular weight excluding hydrogens is 739 g/mol. The number of quaternary nitrogens is 1. The summed E-state index contributed by atoms with van der Waals surface area (Å²) in [6.45, 7) is 4.33. The Morgan fingerprint density at radius 3 is 1.53 bits per heavy atom. The van der Waals surface area contributed by atoms with E-state index < -0.39 is 18.1 Å². The maximum atomic E-state index is 12.7. The number of likely N-dealkylation sites (N-methyl/N-ethyl adjacent to an activating group) is 1. The van der Waals surface area contributed by atoms with Crippen molar-refractivity contribution >= 4 is 17.9 Å². The van der Waals surface area contributed by atoms with E-state index in [2.05, 4.69) is 92.8 Å². The summed E-state index contributed by atoms with van der Waals surface area (Å²) in [5, 5.41) is 11.6. The van der Waals surface area contributed by atoms with E-state index in [4.69, 9.17) is 14.2 Å². The monoisotopic (exact) mass is 820 g/mol. The van der Waals surface area contributed by atoms with Gasteiger partial charge in [-0.05, 0) is 77.0 Å². The molecule has 0 saturated carbocycles. The number of carboxylic acid groups (broad SMARTS) is 1. The standard InChI is InChI=1S/C51H81NO7/c1-6-8-10-12-14-16-18-20-22-23-24-25-26-28-29-31-33-35-37-39-41-49(53)58-46-47(45-57-44-43-48(51(55)56)52(3,4)5)59-50(54)42-40-38-36-34-32-30-27-21-19-17-15-13-11-9-7-2/h8-11,13-17,19-22,24-25,27-29,47-48H,6-7,12,18,23,26,30-46H2,1-5H3/b10-8+,11-9+,15-13+,16-14+,19-17+,22-20+,25-24+,27-21+,29-28+. The van der Waals surface area contributed by atoms with Crippen LogP contribution in [0.2, 0.25) is 0 Å². The molecule has 8 nitrogen and oxygen atoms in total. The van der Waals surface area contributed by atoms with Gasteiger partial charge in [-0.3, -0.25) is 9.59 Å². The molecule has 8 heteroatoms. The highest BCUT2D eigenvalue weighted by Crippen LogP contribution is 2.12. The molecule has 0 rings (SSSR count). The van der Waals surface area contributed by atoms with Crippen molar-refractivity contribution in [3.05, 3.63) is 109 Å². The van der Waals surface area contributed by atoms with Gasteiger partial charge in [0.1, 0.15) is 12.6 Å². The summed E-state index contributed by atoms with van der Waals surface area (Å²) >= 11 is 0.